The quantitative estimate of drug-likeness (QED) is 0.354. The van der Waals surface area contributed by atoms with E-state index in [1.54, 1.807) is 13.3 Å². The minimum atomic E-state index is 0.125. The van der Waals surface area contributed by atoms with E-state index in [4.69, 9.17) is 15.2 Å². The van der Waals surface area contributed by atoms with E-state index >= 15 is 0 Å². The van der Waals surface area contributed by atoms with Crippen LogP contribution < -0.4 is 20.6 Å². The number of nitrogens with one attached hydrogen (secondary N) is 1. The van der Waals surface area contributed by atoms with Gasteiger partial charge in [-0.2, -0.15) is 5.10 Å². The maximum absolute atomic E-state index is 5.51. The average molecular weight is 379 g/mol. The molecule has 0 atom stereocenters. The molecule has 0 fully saturated rings. The van der Waals surface area contributed by atoms with Crippen molar-refractivity contribution in [2.75, 3.05) is 13.7 Å². The summed E-state index contributed by atoms with van der Waals surface area (Å²) < 4.78 is 11.7. The van der Waals surface area contributed by atoms with Crippen LogP contribution in [0.15, 0.2) is 17.2 Å². The molecule has 7 heteroatoms. The standard InChI is InChI=1S/C11H14IN3O2S/c1-3-17-9-5-7(6-14-15-11(13)18)4-8(12)10(9)16-2/h4-6H,3H2,1-2H3,(H3,13,15,18)/b14-6-. The lowest BCUT2D eigenvalue weighted by Gasteiger charge is -2.11. The molecule has 1 rings (SSSR count). The molecule has 0 amide bonds. The van der Waals surface area contributed by atoms with Crippen molar-refractivity contribution in [2.24, 2.45) is 10.8 Å². The van der Waals surface area contributed by atoms with Crippen molar-refractivity contribution >= 4 is 46.1 Å². The maximum Gasteiger partial charge on any atom is 0.184 e. The van der Waals surface area contributed by atoms with Crippen molar-refractivity contribution in [3.8, 4) is 11.5 Å². The third kappa shape index (κ3) is 4.30. The minimum Gasteiger partial charge on any atom is -0.492 e. The van der Waals surface area contributed by atoms with Crippen molar-refractivity contribution in [1.29, 1.82) is 0 Å². The van der Waals surface area contributed by atoms with Crippen LogP contribution in [-0.4, -0.2) is 25.0 Å². The largest absolute Gasteiger partial charge is 0.492 e. The van der Waals surface area contributed by atoms with Crippen LogP contribution in [0.5, 0.6) is 11.5 Å². The van der Waals surface area contributed by atoms with Crippen LogP contribution in [0.3, 0.4) is 0 Å². The highest BCUT2D eigenvalue weighted by Crippen LogP contribution is 2.33. The molecule has 0 heterocycles. The van der Waals surface area contributed by atoms with Crippen molar-refractivity contribution in [3.63, 3.8) is 0 Å². The first-order valence-electron chi connectivity index (χ1n) is 5.17. The van der Waals surface area contributed by atoms with Crippen LogP contribution in [0, 0.1) is 3.57 Å². The molecule has 0 saturated heterocycles. The van der Waals surface area contributed by atoms with Gasteiger partial charge in [-0.25, -0.2) is 0 Å². The van der Waals surface area contributed by atoms with E-state index in [0.717, 1.165) is 14.9 Å². The summed E-state index contributed by atoms with van der Waals surface area (Å²) in [4.78, 5) is 0. The number of benzene rings is 1. The molecular formula is C11H14IN3O2S. The molecular weight excluding hydrogens is 365 g/mol. The first-order chi connectivity index (χ1) is 8.58. The number of nitrogens with zero attached hydrogens (tertiary/aromatic N) is 1. The van der Waals surface area contributed by atoms with E-state index in [0.29, 0.717) is 12.4 Å². The van der Waals surface area contributed by atoms with Crippen LogP contribution in [0.25, 0.3) is 0 Å². The Hall–Kier alpha value is -1.09. The molecule has 0 bridgehead atoms. The predicted octanol–water partition coefficient (Wildman–Crippen LogP) is 1.87. The lowest BCUT2D eigenvalue weighted by Crippen LogP contribution is -2.24. The highest BCUT2D eigenvalue weighted by atomic mass is 127. The second-order valence-electron chi connectivity index (χ2n) is 3.20. The molecule has 0 aliphatic heterocycles. The number of halogens is 1. The van der Waals surface area contributed by atoms with E-state index in [1.165, 1.54) is 0 Å². The number of hydrogen-bond donors (Lipinski definition) is 2. The Morgan fingerprint density at radius 2 is 2.33 bits per heavy atom. The fraction of sp³-hybridized carbons (Fsp3) is 0.273. The highest BCUT2D eigenvalue weighted by Gasteiger charge is 2.10. The van der Waals surface area contributed by atoms with Gasteiger partial charge in [0.15, 0.2) is 16.6 Å². The average Bonchev–Trinajstić information content (AvgIpc) is 2.28. The Morgan fingerprint density at radius 1 is 1.61 bits per heavy atom. The zero-order valence-corrected chi connectivity index (χ0v) is 13.0. The predicted molar refractivity (Wildman–Crippen MR) is 84.4 cm³/mol. The molecule has 0 saturated carbocycles. The molecule has 1 aromatic carbocycles. The topological polar surface area (TPSA) is 68.9 Å². The van der Waals surface area contributed by atoms with E-state index < -0.39 is 0 Å². The van der Waals surface area contributed by atoms with Crippen molar-refractivity contribution in [3.05, 3.63) is 21.3 Å². The van der Waals surface area contributed by atoms with Gasteiger partial charge >= 0.3 is 0 Å². The van der Waals surface area contributed by atoms with E-state index in [-0.39, 0.29) is 5.11 Å². The lowest BCUT2D eigenvalue weighted by molar-refractivity contribution is 0.309. The summed E-state index contributed by atoms with van der Waals surface area (Å²) in [6.45, 7) is 2.49. The normalized spacial score (nSPS) is 10.4. The summed E-state index contributed by atoms with van der Waals surface area (Å²) in [6, 6.07) is 3.77. The number of hydrazone groups is 1. The lowest BCUT2D eigenvalue weighted by atomic mass is 10.2. The molecule has 0 spiro atoms. The first-order valence-corrected chi connectivity index (χ1v) is 6.66. The van der Waals surface area contributed by atoms with Gasteiger partial charge in [-0.3, -0.25) is 5.43 Å². The Kier molecular flexibility index (Phi) is 6.13. The van der Waals surface area contributed by atoms with E-state index in [9.17, 15) is 0 Å². The van der Waals surface area contributed by atoms with Gasteiger partial charge in [-0.15, -0.1) is 0 Å². The number of nitrogens with two attached hydrogens (primary N) is 1. The van der Waals surface area contributed by atoms with Gasteiger partial charge in [0.2, 0.25) is 0 Å². The second kappa shape index (κ2) is 7.37. The van der Waals surface area contributed by atoms with Crippen molar-refractivity contribution in [1.82, 2.24) is 5.43 Å². The maximum atomic E-state index is 5.51. The summed E-state index contributed by atoms with van der Waals surface area (Å²) in [6.07, 6.45) is 1.61. The SMILES string of the molecule is CCOc1cc(/C=N\NC(N)=S)cc(I)c1OC. The van der Waals surface area contributed by atoms with E-state index in [2.05, 4.69) is 45.3 Å². The third-order valence-electron chi connectivity index (χ3n) is 1.92. The summed E-state index contributed by atoms with van der Waals surface area (Å²) >= 11 is 6.83. The molecule has 0 aliphatic carbocycles. The molecule has 18 heavy (non-hydrogen) atoms. The fourth-order valence-corrected chi connectivity index (χ4v) is 2.19. The van der Waals surface area contributed by atoms with Gasteiger partial charge in [0, 0.05) is 0 Å². The fourth-order valence-electron chi connectivity index (χ4n) is 1.29. The molecule has 3 N–H and O–H groups in total. The Morgan fingerprint density at radius 3 is 2.89 bits per heavy atom. The second-order valence-corrected chi connectivity index (χ2v) is 4.80. The van der Waals surface area contributed by atoms with Crippen LogP contribution in [0.1, 0.15) is 12.5 Å². The van der Waals surface area contributed by atoms with Crippen LogP contribution in [0.2, 0.25) is 0 Å². The first kappa shape index (κ1) is 15.0. The molecule has 0 unspecified atom stereocenters. The molecule has 5 nitrogen and oxygen atoms in total. The zero-order valence-electron chi connectivity index (χ0n) is 10.1. The number of hydrogen-bond acceptors (Lipinski definition) is 4. The van der Waals surface area contributed by atoms with Crippen LogP contribution in [-0.2, 0) is 0 Å². The molecule has 0 aliphatic rings. The Labute approximate surface area is 125 Å². The number of rotatable bonds is 5. The number of methoxy groups -OCH3 is 1. The van der Waals surface area contributed by atoms with Crippen molar-refractivity contribution < 1.29 is 9.47 Å². The van der Waals surface area contributed by atoms with Gasteiger partial charge < -0.3 is 15.2 Å². The van der Waals surface area contributed by atoms with Gasteiger partial charge in [0.25, 0.3) is 0 Å². The van der Waals surface area contributed by atoms with E-state index in [1.807, 2.05) is 19.1 Å². The summed E-state index contributed by atoms with van der Waals surface area (Å²) in [5.41, 5.74) is 8.64. The van der Waals surface area contributed by atoms with Crippen LogP contribution >= 0.6 is 34.8 Å². The summed E-state index contributed by atoms with van der Waals surface area (Å²) in [5, 5.41) is 4.02. The van der Waals surface area contributed by atoms with Crippen molar-refractivity contribution in [2.45, 2.75) is 6.92 Å². The highest BCUT2D eigenvalue weighted by molar-refractivity contribution is 14.1. The number of thiocarbonyl (C=S) groups is 1. The third-order valence-corrected chi connectivity index (χ3v) is 2.82. The summed E-state index contributed by atoms with van der Waals surface area (Å²) in [7, 11) is 1.61. The molecule has 0 aromatic heterocycles. The Balaban J connectivity index is 3.00. The van der Waals surface area contributed by atoms with Gasteiger partial charge in [-0.1, -0.05) is 0 Å². The minimum absolute atomic E-state index is 0.125. The van der Waals surface area contributed by atoms with Gasteiger partial charge in [0.05, 0.1) is 23.5 Å². The molecule has 1 aromatic rings. The zero-order chi connectivity index (χ0) is 13.5. The monoisotopic (exact) mass is 379 g/mol. The smallest absolute Gasteiger partial charge is 0.184 e. The Bertz CT molecular complexity index is 466. The molecule has 98 valence electrons. The van der Waals surface area contributed by atoms with Gasteiger partial charge in [-0.05, 0) is 59.4 Å². The van der Waals surface area contributed by atoms with Crippen LogP contribution in [0.4, 0.5) is 0 Å². The molecule has 0 radical (unpaired) electrons. The number of ether oxygens (including phenoxy) is 2. The summed E-state index contributed by atoms with van der Waals surface area (Å²) in [5.74, 6) is 1.40. The van der Waals surface area contributed by atoms with Gasteiger partial charge in [0.1, 0.15) is 0 Å².